The van der Waals surface area contributed by atoms with E-state index in [1.807, 2.05) is 0 Å². The van der Waals surface area contributed by atoms with Gasteiger partial charge in [-0.1, -0.05) is 0 Å². The molecule has 2 aromatic rings. The van der Waals surface area contributed by atoms with Gasteiger partial charge in [-0.15, -0.1) is 0 Å². The predicted octanol–water partition coefficient (Wildman–Crippen LogP) is 1.59. The summed E-state index contributed by atoms with van der Waals surface area (Å²) in [4.78, 5) is 4.18. The van der Waals surface area contributed by atoms with Crippen molar-refractivity contribution >= 4 is 11.0 Å². The number of aryl methyl sites for hydroxylation is 1. The largest absolute Gasteiger partial charge is 0.494 e. The first-order chi connectivity index (χ1) is 8.10. The summed E-state index contributed by atoms with van der Waals surface area (Å²) in [6, 6.07) is 0.997. The first-order valence-electron chi connectivity index (χ1n) is 5.19. The lowest BCUT2D eigenvalue weighted by Gasteiger charge is -2.07. The third kappa shape index (κ3) is 1.74. The molecule has 0 aliphatic carbocycles. The van der Waals surface area contributed by atoms with Crippen molar-refractivity contribution in [2.75, 3.05) is 13.7 Å². The Morgan fingerprint density at radius 1 is 1.47 bits per heavy atom. The van der Waals surface area contributed by atoms with E-state index in [0.717, 1.165) is 6.07 Å². The molecule has 0 radical (unpaired) electrons. The minimum atomic E-state index is -0.951. The number of nitrogens with two attached hydrogens (primary N) is 1. The van der Waals surface area contributed by atoms with E-state index in [0.29, 0.717) is 24.4 Å². The van der Waals surface area contributed by atoms with Gasteiger partial charge in [0, 0.05) is 19.2 Å². The minimum absolute atomic E-state index is 0.102. The van der Waals surface area contributed by atoms with Crippen LogP contribution in [0.5, 0.6) is 5.75 Å². The number of methoxy groups -OCH3 is 1. The predicted molar refractivity (Wildman–Crippen MR) is 60.0 cm³/mol. The molecule has 0 bridgehead atoms. The molecule has 0 saturated heterocycles. The van der Waals surface area contributed by atoms with Gasteiger partial charge in [-0.3, -0.25) is 0 Å². The molecule has 0 unspecified atom stereocenters. The summed E-state index contributed by atoms with van der Waals surface area (Å²) < 4.78 is 33.7. The number of hydrogen-bond donors (Lipinski definition) is 1. The summed E-state index contributed by atoms with van der Waals surface area (Å²) in [7, 11) is 1.39. The zero-order valence-electron chi connectivity index (χ0n) is 9.63. The van der Waals surface area contributed by atoms with Crippen LogP contribution >= 0.6 is 0 Å². The zero-order valence-corrected chi connectivity index (χ0v) is 9.63. The standard InChI is InChI=1S/C11H13F2N3O/c1-6-15-10-8(17-2)5-7(12)9(13)11(10)16(6)4-3-14/h5H,3-4,14H2,1-2H3. The van der Waals surface area contributed by atoms with Crippen LogP contribution in [0.3, 0.4) is 0 Å². The van der Waals surface area contributed by atoms with Gasteiger partial charge in [-0.05, 0) is 6.92 Å². The summed E-state index contributed by atoms with van der Waals surface area (Å²) in [6.45, 7) is 2.42. The molecule has 6 heteroatoms. The van der Waals surface area contributed by atoms with Gasteiger partial charge in [0.2, 0.25) is 0 Å². The molecule has 1 heterocycles. The van der Waals surface area contributed by atoms with Gasteiger partial charge in [0.15, 0.2) is 11.6 Å². The first-order valence-corrected chi connectivity index (χ1v) is 5.19. The Labute approximate surface area is 97.0 Å². The highest BCUT2D eigenvalue weighted by molar-refractivity contribution is 5.83. The fourth-order valence-electron chi connectivity index (χ4n) is 1.88. The van der Waals surface area contributed by atoms with E-state index in [4.69, 9.17) is 10.5 Å². The lowest BCUT2D eigenvalue weighted by molar-refractivity contribution is 0.411. The van der Waals surface area contributed by atoms with Crippen LogP contribution < -0.4 is 10.5 Å². The monoisotopic (exact) mass is 241 g/mol. The van der Waals surface area contributed by atoms with Crippen LogP contribution in [-0.4, -0.2) is 23.2 Å². The maximum Gasteiger partial charge on any atom is 0.184 e. The second-order valence-electron chi connectivity index (χ2n) is 3.67. The summed E-state index contributed by atoms with van der Waals surface area (Å²) >= 11 is 0. The highest BCUT2D eigenvalue weighted by Gasteiger charge is 2.19. The molecular weight excluding hydrogens is 228 g/mol. The number of aromatic nitrogens is 2. The number of hydrogen-bond acceptors (Lipinski definition) is 3. The number of benzene rings is 1. The average molecular weight is 241 g/mol. The van der Waals surface area contributed by atoms with E-state index in [-0.39, 0.29) is 11.3 Å². The molecule has 0 aliphatic heterocycles. The smallest absolute Gasteiger partial charge is 0.184 e. The van der Waals surface area contributed by atoms with Crippen molar-refractivity contribution in [1.29, 1.82) is 0 Å². The van der Waals surface area contributed by atoms with E-state index >= 15 is 0 Å². The van der Waals surface area contributed by atoms with Crippen LogP contribution in [0, 0.1) is 18.6 Å². The maximum atomic E-state index is 13.8. The molecule has 17 heavy (non-hydrogen) atoms. The Morgan fingerprint density at radius 3 is 2.76 bits per heavy atom. The lowest BCUT2D eigenvalue weighted by atomic mass is 10.2. The Balaban J connectivity index is 2.83. The summed E-state index contributed by atoms with van der Waals surface area (Å²) in [6.07, 6.45) is 0. The van der Waals surface area contributed by atoms with Gasteiger partial charge >= 0.3 is 0 Å². The molecule has 2 N–H and O–H groups in total. The van der Waals surface area contributed by atoms with Crippen LogP contribution in [0.4, 0.5) is 8.78 Å². The molecule has 0 amide bonds. The molecule has 92 valence electrons. The molecule has 2 rings (SSSR count). The van der Waals surface area contributed by atoms with E-state index in [9.17, 15) is 8.78 Å². The molecule has 1 aromatic carbocycles. The first kappa shape index (κ1) is 11.8. The second-order valence-corrected chi connectivity index (χ2v) is 3.67. The van der Waals surface area contributed by atoms with E-state index in [1.165, 1.54) is 7.11 Å². The van der Waals surface area contributed by atoms with Gasteiger partial charge in [-0.2, -0.15) is 0 Å². The lowest BCUT2D eigenvalue weighted by Crippen LogP contribution is -2.11. The van der Waals surface area contributed by atoms with Gasteiger partial charge in [0.05, 0.1) is 7.11 Å². The Morgan fingerprint density at radius 2 is 2.18 bits per heavy atom. The Bertz CT molecular complexity index is 566. The van der Waals surface area contributed by atoms with Crippen molar-refractivity contribution in [3.05, 3.63) is 23.5 Å². The van der Waals surface area contributed by atoms with E-state index in [1.54, 1.807) is 11.5 Å². The van der Waals surface area contributed by atoms with Crippen LogP contribution in [0.1, 0.15) is 5.82 Å². The van der Waals surface area contributed by atoms with Crippen molar-refractivity contribution in [2.45, 2.75) is 13.5 Å². The third-order valence-electron chi connectivity index (χ3n) is 2.64. The molecular formula is C11H13F2N3O. The Hall–Kier alpha value is -1.69. The highest BCUT2D eigenvalue weighted by atomic mass is 19.2. The molecule has 0 fully saturated rings. The quantitative estimate of drug-likeness (QED) is 0.887. The number of rotatable bonds is 3. The summed E-state index contributed by atoms with van der Waals surface area (Å²) in [5, 5.41) is 0. The summed E-state index contributed by atoms with van der Waals surface area (Å²) in [5.74, 6) is -1.08. The molecule has 0 atom stereocenters. The zero-order chi connectivity index (χ0) is 12.6. The van der Waals surface area contributed by atoms with Crippen LogP contribution in [-0.2, 0) is 6.54 Å². The topological polar surface area (TPSA) is 53.1 Å². The van der Waals surface area contributed by atoms with Crippen LogP contribution in [0.15, 0.2) is 6.07 Å². The van der Waals surface area contributed by atoms with Gasteiger partial charge in [0.1, 0.15) is 22.6 Å². The third-order valence-corrected chi connectivity index (χ3v) is 2.64. The van der Waals surface area contributed by atoms with Gasteiger partial charge < -0.3 is 15.0 Å². The van der Waals surface area contributed by atoms with Gasteiger partial charge in [-0.25, -0.2) is 13.8 Å². The number of imidazole rings is 1. The molecule has 0 spiro atoms. The SMILES string of the molecule is COc1cc(F)c(F)c2c1nc(C)n2CCN. The van der Waals surface area contributed by atoms with Crippen LogP contribution in [0.2, 0.25) is 0 Å². The maximum absolute atomic E-state index is 13.8. The van der Waals surface area contributed by atoms with Crippen molar-refractivity contribution in [1.82, 2.24) is 9.55 Å². The van der Waals surface area contributed by atoms with Crippen molar-refractivity contribution in [2.24, 2.45) is 5.73 Å². The van der Waals surface area contributed by atoms with Gasteiger partial charge in [0.25, 0.3) is 0 Å². The molecule has 0 aliphatic rings. The molecule has 1 aromatic heterocycles. The molecule has 0 saturated carbocycles. The highest BCUT2D eigenvalue weighted by Crippen LogP contribution is 2.30. The van der Waals surface area contributed by atoms with Crippen LogP contribution in [0.25, 0.3) is 11.0 Å². The number of halogens is 2. The summed E-state index contributed by atoms with van der Waals surface area (Å²) in [5.41, 5.74) is 5.86. The fourth-order valence-corrected chi connectivity index (χ4v) is 1.88. The number of nitrogens with zero attached hydrogens (tertiary/aromatic N) is 2. The van der Waals surface area contributed by atoms with E-state index in [2.05, 4.69) is 4.98 Å². The number of fused-ring (bicyclic) bond motifs is 1. The number of ether oxygens (including phenoxy) is 1. The normalized spacial score (nSPS) is 11.1. The van der Waals surface area contributed by atoms with Crippen molar-refractivity contribution < 1.29 is 13.5 Å². The van der Waals surface area contributed by atoms with E-state index < -0.39 is 11.6 Å². The second kappa shape index (κ2) is 4.29. The fraction of sp³-hybridized carbons (Fsp3) is 0.364. The van der Waals surface area contributed by atoms with Crippen molar-refractivity contribution in [3.63, 3.8) is 0 Å². The van der Waals surface area contributed by atoms with Crippen molar-refractivity contribution in [3.8, 4) is 5.75 Å². The molecule has 4 nitrogen and oxygen atoms in total. The Kier molecular flexibility index (Phi) is 2.97. The average Bonchev–Trinajstić information content (AvgIpc) is 2.62. The minimum Gasteiger partial charge on any atom is -0.494 e.